The fourth-order valence-corrected chi connectivity index (χ4v) is 11.3. The molecule has 0 unspecified atom stereocenters. The fourth-order valence-electron chi connectivity index (χ4n) is 7.84. The number of anilines is 1. The molecule has 0 aliphatic heterocycles. The van der Waals surface area contributed by atoms with Gasteiger partial charge in [-0.3, -0.25) is 9.59 Å². The minimum atomic E-state index is -3.80. The summed E-state index contributed by atoms with van der Waals surface area (Å²) in [7, 11) is -5.89. The molecule has 0 amide bonds. The first-order valence-corrected chi connectivity index (χ1v) is 30.0. The molecule has 22 heteroatoms. The van der Waals surface area contributed by atoms with Crippen LogP contribution in [0.15, 0.2) is 215 Å². The summed E-state index contributed by atoms with van der Waals surface area (Å²) in [5.74, 6) is -4.71. The summed E-state index contributed by atoms with van der Waals surface area (Å²) in [6.07, 6.45) is -0.683. The second kappa shape index (κ2) is 30.6. The van der Waals surface area contributed by atoms with Gasteiger partial charge in [0.05, 0.1) is 32.3 Å². The molecule has 0 bridgehead atoms. The van der Waals surface area contributed by atoms with Gasteiger partial charge in [-0.1, -0.05) is 91.0 Å². The summed E-state index contributed by atoms with van der Waals surface area (Å²) in [5.41, 5.74) is 10.8. The van der Waals surface area contributed by atoms with Crippen LogP contribution >= 0.6 is 10.7 Å². The Hall–Kier alpha value is -7.14. The van der Waals surface area contributed by atoms with E-state index in [1.165, 1.54) is 105 Å². The molecule has 9 rings (SSSR count). The van der Waals surface area contributed by atoms with E-state index in [0.29, 0.717) is 50.2 Å². The van der Waals surface area contributed by atoms with Crippen LogP contribution in [0.2, 0.25) is 0 Å². The van der Waals surface area contributed by atoms with Crippen molar-refractivity contribution in [1.29, 1.82) is 0 Å². The van der Waals surface area contributed by atoms with Crippen LogP contribution in [0.5, 0.6) is 0 Å². The molecule has 10 nitrogen and oxygen atoms in total. The maximum Gasteiger partial charge on any atom is 1.00 e. The Kier molecular flexibility index (Phi) is 25.3. The number of aliphatic hydroxyl groups excluding tert-OH is 1. The first kappa shape index (κ1) is 69.4. The maximum atomic E-state index is 13.9. The summed E-state index contributed by atoms with van der Waals surface area (Å²) < 4.78 is 153. The van der Waals surface area contributed by atoms with Crippen molar-refractivity contribution in [2.75, 3.05) is 5.73 Å². The third kappa shape index (κ3) is 19.7. The van der Waals surface area contributed by atoms with Crippen molar-refractivity contribution in [3.63, 3.8) is 0 Å². The van der Waals surface area contributed by atoms with Gasteiger partial charge >= 0.3 is 29.6 Å². The number of hydrogen-bond donors (Lipinski definition) is 2. The van der Waals surface area contributed by atoms with Crippen LogP contribution in [-0.2, 0) is 40.2 Å². The Bertz CT molecular complexity index is 4140. The molecule has 3 radical (unpaired) electrons. The van der Waals surface area contributed by atoms with Crippen LogP contribution in [0.25, 0.3) is 33.4 Å². The van der Waals surface area contributed by atoms with E-state index in [1.807, 2.05) is 0 Å². The van der Waals surface area contributed by atoms with E-state index in [4.69, 9.17) is 16.4 Å². The summed E-state index contributed by atoms with van der Waals surface area (Å²) in [5, 5.41) is 9.64. The van der Waals surface area contributed by atoms with Crippen molar-refractivity contribution in [3.8, 4) is 33.4 Å². The number of carbonyl (C=O) groups is 2. The van der Waals surface area contributed by atoms with Gasteiger partial charge in [0.25, 0.3) is 9.05 Å². The summed E-state index contributed by atoms with van der Waals surface area (Å²) in [6, 6.07) is 46.8. The Balaban J connectivity index is 0.000000308. The van der Waals surface area contributed by atoms with E-state index in [1.54, 1.807) is 79.7 Å². The Labute approximate surface area is 513 Å². The zero-order valence-corrected chi connectivity index (χ0v) is 50.5. The molecule has 0 aromatic heterocycles. The van der Waals surface area contributed by atoms with Gasteiger partial charge in [0.15, 0.2) is 31.2 Å². The van der Waals surface area contributed by atoms with E-state index in [2.05, 4.69) is 0 Å². The number of aliphatic hydroxyl groups is 1. The Morgan fingerprint density at radius 2 is 0.810 bits per heavy atom. The van der Waals surface area contributed by atoms with Crippen molar-refractivity contribution in [2.45, 2.75) is 53.1 Å². The van der Waals surface area contributed by atoms with Crippen LogP contribution in [0.1, 0.15) is 65.7 Å². The molecule has 9 aromatic rings. The average Bonchev–Trinajstić information content (AvgIpc) is 3.52. The Morgan fingerprint density at radius 1 is 0.476 bits per heavy atom. The number of nitrogen functional groups attached to an aromatic ring is 1. The first-order valence-electron chi connectivity index (χ1n) is 24.4. The zero-order chi connectivity index (χ0) is 60.1. The molecular formula is C62H51BClF6NNaO9S3. The van der Waals surface area contributed by atoms with Gasteiger partial charge in [0, 0.05) is 70.8 Å². The number of benzene rings is 9. The number of rotatable bonds is 13. The largest absolute Gasteiger partial charge is 1.00 e. The second-order valence-electron chi connectivity index (χ2n) is 18.3. The SMILES string of the molecule is CC(=O)c1cccc(CS(=O)(=O)c2ccc(-c3ccc(F)cc3F)cc2)c1.CC(=O)c1cccc(N)c1.C[C@H](O)c1cccc(CS(=O)(=O)c2ccc(-c3ccc(F)cc3F)cc2)c1.O=S(=O)(Cl)c1ccc(-c2ccc(F)cc2F)cc1.[B].[H-].[Na+]. The zero-order valence-electron chi connectivity index (χ0n) is 46.3. The molecule has 0 spiro atoms. The summed E-state index contributed by atoms with van der Waals surface area (Å²) >= 11 is 0. The molecule has 0 saturated carbocycles. The third-order valence-corrected chi connectivity index (χ3v) is 16.8. The molecule has 84 heavy (non-hydrogen) atoms. The van der Waals surface area contributed by atoms with Crippen LogP contribution in [-0.4, -0.2) is 50.3 Å². The van der Waals surface area contributed by atoms with Gasteiger partial charge in [-0.05, 0) is 145 Å². The predicted octanol–water partition coefficient (Wildman–Crippen LogP) is 11.2. The molecule has 0 aliphatic carbocycles. The molecule has 9 aromatic carbocycles. The van der Waals surface area contributed by atoms with E-state index < -0.39 is 69.7 Å². The average molecular weight is 1230 g/mol. The third-order valence-electron chi connectivity index (χ3n) is 12.1. The number of halogens is 7. The normalized spacial score (nSPS) is 11.3. The van der Waals surface area contributed by atoms with Gasteiger partial charge in [0.2, 0.25) is 0 Å². The number of ketones is 2. The van der Waals surface area contributed by atoms with Gasteiger partial charge in [-0.25, -0.2) is 51.6 Å². The van der Waals surface area contributed by atoms with Crippen LogP contribution < -0.4 is 35.3 Å². The summed E-state index contributed by atoms with van der Waals surface area (Å²) in [4.78, 5) is 22.3. The molecule has 0 heterocycles. The van der Waals surface area contributed by atoms with Crippen molar-refractivity contribution in [3.05, 3.63) is 263 Å². The number of carbonyl (C=O) groups excluding carboxylic acids is 2. The molecule has 429 valence electrons. The van der Waals surface area contributed by atoms with E-state index in [-0.39, 0.29) is 93.8 Å². The first-order chi connectivity index (χ1) is 38.6. The van der Waals surface area contributed by atoms with Crippen molar-refractivity contribution in [1.82, 2.24) is 0 Å². The van der Waals surface area contributed by atoms with E-state index in [9.17, 15) is 66.3 Å². The van der Waals surface area contributed by atoms with Crippen LogP contribution in [0, 0.1) is 34.9 Å². The minimum Gasteiger partial charge on any atom is -1.00 e. The molecule has 1 atom stereocenters. The van der Waals surface area contributed by atoms with Crippen LogP contribution in [0.4, 0.5) is 32.0 Å². The van der Waals surface area contributed by atoms with Crippen molar-refractivity contribution >= 4 is 65.1 Å². The second-order valence-corrected chi connectivity index (χ2v) is 24.8. The standard InChI is InChI=1S/C21H18F2O3S.C21H16F2O3S.C12H7ClF2O2S.C8H9NO.B.Na.H/c2*1-14(24)17-4-2-3-15(11-17)13-27(25,26)19-8-5-16(6-9-19)20-10-7-18(22)12-21(20)23;13-18(16,17)10-4-1-8(2-5-10)11-6-3-9(14)7-12(11)15;1-6(10)7-3-2-4-8(9)5-7;;;/h2-12,14,24H,13H2,1H3;2-12H,13H2,1H3;1-7H;2-5H,9H2,1H3;;;/q;;;;;+1;-1/t14-;;;;;;/m0....../s1. The predicted molar refractivity (Wildman–Crippen MR) is 311 cm³/mol. The maximum absolute atomic E-state index is 13.9. The fraction of sp³-hybridized carbons (Fsp3) is 0.0968. The molecule has 3 N–H and O–H groups in total. The topological polar surface area (TPSA) is 183 Å². The Morgan fingerprint density at radius 3 is 1.13 bits per heavy atom. The van der Waals surface area contributed by atoms with Crippen LogP contribution in [0.3, 0.4) is 0 Å². The minimum absolute atomic E-state index is 0. The number of Topliss-reactive ketones (excluding diaryl/α,β-unsaturated/α-hetero) is 2. The van der Waals surface area contributed by atoms with Gasteiger partial charge in [0.1, 0.15) is 34.9 Å². The van der Waals surface area contributed by atoms with Crippen molar-refractivity contribution < 1.29 is 97.3 Å². The molecule has 0 fully saturated rings. The van der Waals surface area contributed by atoms with Crippen molar-refractivity contribution in [2.24, 2.45) is 0 Å². The number of nitrogens with two attached hydrogens (primary N) is 1. The quantitative estimate of drug-likeness (QED) is 0.0370. The number of hydrogen-bond acceptors (Lipinski definition) is 10. The van der Waals surface area contributed by atoms with Gasteiger partial charge in [-0.2, -0.15) is 0 Å². The van der Waals surface area contributed by atoms with Gasteiger partial charge < -0.3 is 12.3 Å². The molecule has 0 aliphatic rings. The smallest absolute Gasteiger partial charge is 1.00 e. The van der Waals surface area contributed by atoms with E-state index >= 15 is 0 Å². The summed E-state index contributed by atoms with van der Waals surface area (Å²) in [6.45, 7) is 4.55. The molecular weight excluding hydrogens is 1180 g/mol. The monoisotopic (exact) mass is 1230 g/mol. The van der Waals surface area contributed by atoms with Gasteiger partial charge in [-0.15, -0.1) is 0 Å². The number of sulfone groups is 2. The molecule has 0 saturated heterocycles. The van der Waals surface area contributed by atoms with E-state index in [0.717, 1.165) is 36.4 Å².